The molecule has 2 heterocycles. The predicted octanol–water partition coefficient (Wildman–Crippen LogP) is -0.446. The molecule has 1 fully saturated rings. The molecule has 0 aromatic carbocycles. The van der Waals surface area contributed by atoms with E-state index < -0.39 is 18.3 Å². The molecule has 3 unspecified atom stereocenters. The van der Waals surface area contributed by atoms with Crippen LogP contribution in [0.3, 0.4) is 0 Å². The lowest BCUT2D eigenvalue weighted by molar-refractivity contribution is 0.0447. The van der Waals surface area contributed by atoms with Gasteiger partial charge in [0.05, 0.1) is 6.61 Å². The zero-order valence-electron chi connectivity index (χ0n) is 8.00. The van der Waals surface area contributed by atoms with Crippen LogP contribution in [0.25, 0.3) is 0 Å². The van der Waals surface area contributed by atoms with E-state index >= 15 is 0 Å². The number of rotatable bonds is 0. The summed E-state index contributed by atoms with van der Waals surface area (Å²) in [6.45, 7) is 0.128. The minimum absolute atomic E-state index is 0.128. The second-order valence-corrected chi connectivity index (χ2v) is 3.30. The Balaban J connectivity index is 2.07. The van der Waals surface area contributed by atoms with E-state index in [-0.39, 0.29) is 6.61 Å². The number of hydrogen-bond donors (Lipinski definition) is 2. The highest BCUT2D eigenvalue weighted by atomic mass is 16.5. The lowest BCUT2D eigenvalue weighted by Gasteiger charge is -2.07. The third-order valence-corrected chi connectivity index (χ3v) is 2.16. The standard InChI is InChI=1S/C11H11NO3/c13-9-7-15-10(11(9)14)5-4-8-3-1-2-6-12-8/h1-3,6,9-11,13-14H,7H2. The average Bonchev–Trinajstić information content (AvgIpc) is 2.59. The quantitative estimate of drug-likeness (QED) is 0.563. The van der Waals surface area contributed by atoms with Gasteiger partial charge in [0.15, 0.2) is 0 Å². The second-order valence-electron chi connectivity index (χ2n) is 3.30. The molecule has 0 bridgehead atoms. The highest BCUT2D eigenvalue weighted by molar-refractivity contribution is 5.28. The first kappa shape index (κ1) is 10.1. The molecular formula is C11H11NO3. The van der Waals surface area contributed by atoms with Crippen molar-refractivity contribution in [2.24, 2.45) is 0 Å². The molecule has 15 heavy (non-hydrogen) atoms. The number of aromatic nitrogens is 1. The first-order valence-corrected chi connectivity index (χ1v) is 4.67. The van der Waals surface area contributed by atoms with Gasteiger partial charge in [0.1, 0.15) is 24.0 Å². The number of aliphatic hydroxyl groups excluding tert-OH is 2. The monoisotopic (exact) mass is 205 g/mol. The van der Waals surface area contributed by atoms with E-state index in [1.54, 1.807) is 18.3 Å². The Kier molecular flexibility index (Phi) is 2.97. The third-order valence-electron chi connectivity index (χ3n) is 2.16. The molecule has 0 aliphatic carbocycles. The fourth-order valence-electron chi connectivity index (χ4n) is 1.31. The molecule has 1 aromatic rings. The first-order chi connectivity index (χ1) is 7.27. The molecule has 0 amide bonds. The second kappa shape index (κ2) is 4.41. The Morgan fingerprint density at radius 3 is 2.87 bits per heavy atom. The van der Waals surface area contributed by atoms with Gasteiger partial charge in [0, 0.05) is 6.20 Å². The van der Waals surface area contributed by atoms with Gasteiger partial charge < -0.3 is 14.9 Å². The zero-order chi connectivity index (χ0) is 10.7. The predicted molar refractivity (Wildman–Crippen MR) is 52.9 cm³/mol. The van der Waals surface area contributed by atoms with Gasteiger partial charge in [-0.25, -0.2) is 4.98 Å². The fraction of sp³-hybridized carbons (Fsp3) is 0.364. The van der Waals surface area contributed by atoms with Gasteiger partial charge in [-0.1, -0.05) is 12.0 Å². The lowest BCUT2D eigenvalue weighted by atomic mass is 10.1. The topological polar surface area (TPSA) is 62.6 Å². The number of ether oxygens (including phenoxy) is 1. The molecule has 4 nitrogen and oxygen atoms in total. The lowest BCUT2D eigenvalue weighted by Crippen LogP contribution is -2.28. The van der Waals surface area contributed by atoms with Gasteiger partial charge >= 0.3 is 0 Å². The van der Waals surface area contributed by atoms with Crippen LogP contribution in [0.15, 0.2) is 24.4 Å². The Hall–Kier alpha value is -1.41. The molecule has 0 radical (unpaired) electrons. The van der Waals surface area contributed by atoms with Gasteiger partial charge in [-0.2, -0.15) is 0 Å². The summed E-state index contributed by atoms with van der Waals surface area (Å²) in [6.07, 6.45) is -0.749. The maximum Gasteiger partial charge on any atom is 0.147 e. The summed E-state index contributed by atoms with van der Waals surface area (Å²) >= 11 is 0. The molecular weight excluding hydrogens is 194 g/mol. The molecule has 4 heteroatoms. The van der Waals surface area contributed by atoms with Crippen LogP contribution in [0, 0.1) is 11.8 Å². The Morgan fingerprint density at radius 1 is 1.40 bits per heavy atom. The molecule has 0 saturated carbocycles. The molecule has 0 spiro atoms. The summed E-state index contributed by atoms with van der Waals surface area (Å²) in [6, 6.07) is 5.40. The summed E-state index contributed by atoms with van der Waals surface area (Å²) in [7, 11) is 0. The van der Waals surface area contributed by atoms with Crippen LogP contribution in [0.4, 0.5) is 0 Å². The zero-order valence-corrected chi connectivity index (χ0v) is 8.00. The largest absolute Gasteiger partial charge is 0.388 e. The van der Waals surface area contributed by atoms with Crippen molar-refractivity contribution in [3.05, 3.63) is 30.1 Å². The highest BCUT2D eigenvalue weighted by Crippen LogP contribution is 2.13. The molecule has 78 valence electrons. The highest BCUT2D eigenvalue weighted by Gasteiger charge is 2.33. The van der Waals surface area contributed by atoms with Crippen LogP contribution in [-0.4, -0.2) is 40.1 Å². The van der Waals surface area contributed by atoms with Crippen molar-refractivity contribution in [3.63, 3.8) is 0 Å². The number of hydrogen-bond acceptors (Lipinski definition) is 4. The smallest absolute Gasteiger partial charge is 0.147 e. The maximum atomic E-state index is 9.44. The minimum atomic E-state index is -0.929. The fourth-order valence-corrected chi connectivity index (χ4v) is 1.31. The van der Waals surface area contributed by atoms with Crippen molar-refractivity contribution >= 4 is 0 Å². The molecule has 3 atom stereocenters. The van der Waals surface area contributed by atoms with Gasteiger partial charge in [-0.15, -0.1) is 0 Å². The van der Waals surface area contributed by atoms with Crippen molar-refractivity contribution < 1.29 is 14.9 Å². The molecule has 2 N–H and O–H groups in total. The van der Waals surface area contributed by atoms with E-state index in [1.807, 2.05) is 6.07 Å². The van der Waals surface area contributed by atoms with E-state index in [9.17, 15) is 10.2 Å². The summed E-state index contributed by atoms with van der Waals surface area (Å²) in [5.41, 5.74) is 0.620. The van der Waals surface area contributed by atoms with Crippen LogP contribution in [0.1, 0.15) is 5.69 Å². The van der Waals surface area contributed by atoms with Crippen LogP contribution < -0.4 is 0 Å². The van der Waals surface area contributed by atoms with Crippen LogP contribution in [0.2, 0.25) is 0 Å². The van der Waals surface area contributed by atoms with Crippen molar-refractivity contribution in [2.45, 2.75) is 18.3 Å². The minimum Gasteiger partial charge on any atom is -0.388 e. The van der Waals surface area contributed by atoms with Crippen molar-refractivity contribution in [3.8, 4) is 11.8 Å². The molecule has 1 aliphatic rings. The van der Waals surface area contributed by atoms with Gasteiger partial charge in [0.2, 0.25) is 0 Å². The summed E-state index contributed by atoms with van der Waals surface area (Å²) in [4.78, 5) is 4.01. The van der Waals surface area contributed by atoms with E-state index in [2.05, 4.69) is 16.8 Å². The number of aliphatic hydroxyl groups is 2. The maximum absolute atomic E-state index is 9.44. The number of pyridine rings is 1. The van der Waals surface area contributed by atoms with E-state index in [1.165, 1.54) is 0 Å². The molecule has 2 rings (SSSR count). The summed E-state index contributed by atoms with van der Waals surface area (Å²) in [5.74, 6) is 5.51. The SMILES string of the molecule is OC1COC(C#Cc2ccccn2)C1O. The van der Waals surface area contributed by atoms with E-state index in [0.29, 0.717) is 5.69 Å². The molecule has 1 aromatic heterocycles. The first-order valence-electron chi connectivity index (χ1n) is 4.67. The van der Waals surface area contributed by atoms with Crippen LogP contribution in [0.5, 0.6) is 0 Å². The number of nitrogens with zero attached hydrogens (tertiary/aromatic N) is 1. The van der Waals surface area contributed by atoms with Gasteiger partial charge in [0.25, 0.3) is 0 Å². The normalized spacial score (nSPS) is 29.6. The van der Waals surface area contributed by atoms with Crippen LogP contribution in [-0.2, 0) is 4.74 Å². The van der Waals surface area contributed by atoms with Gasteiger partial charge in [-0.05, 0) is 18.1 Å². The third kappa shape index (κ3) is 2.34. The molecule has 1 saturated heterocycles. The van der Waals surface area contributed by atoms with Crippen molar-refractivity contribution in [1.82, 2.24) is 4.98 Å². The Labute approximate surface area is 87.5 Å². The average molecular weight is 205 g/mol. The Morgan fingerprint density at radius 2 is 2.27 bits per heavy atom. The summed E-state index contributed by atoms with van der Waals surface area (Å²) in [5, 5.41) is 18.6. The van der Waals surface area contributed by atoms with Gasteiger partial charge in [-0.3, -0.25) is 0 Å². The van der Waals surface area contributed by atoms with E-state index in [0.717, 1.165) is 0 Å². The Bertz CT molecular complexity index is 382. The van der Waals surface area contributed by atoms with Crippen molar-refractivity contribution in [2.75, 3.05) is 6.61 Å². The summed E-state index contributed by atoms with van der Waals surface area (Å²) < 4.78 is 5.10. The van der Waals surface area contributed by atoms with Crippen molar-refractivity contribution in [1.29, 1.82) is 0 Å². The van der Waals surface area contributed by atoms with E-state index in [4.69, 9.17) is 4.74 Å². The van der Waals surface area contributed by atoms with Crippen LogP contribution >= 0.6 is 0 Å². The molecule has 1 aliphatic heterocycles.